The van der Waals surface area contributed by atoms with Gasteiger partial charge in [-0.2, -0.15) is 0 Å². The Labute approximate surface area is 123 Å². The van der Waals surface area contributed by atoms with Crippen LogP contribution in [0.5, 0.6) is 0 Å². The number of hydrogen-bond donors (Lipinski definition) is 1. The van der Waals surface area contributed by atoms with Crippen LogP contribution in [-0.2, 0) is 6.54 Å². The standard InChI is InChI=1S/C16H30N4/c1-4-7-20-12-18-11-16(20)15(10-17)19-8-5-14(6-9-19)13(2)3/h11-15H,4-10,17H2,1-3H3. The minimum atomic E-state index is 0.331. The molecule has 1 aliphatic rings. The Balaban J connectivity index is 2.04. The Bertz CT molecular complexity index is 391. The van der Waals surface area contributed by atoms with Crippen molar-refractivity contribution in [1.29, 1.82) is 0 Å². The van der Waals surface area contributed by atoms with Crippen LogP contribution < -0.4 is 5.73 Å². The number of nitrogens with two attached hydrogens (primary N) is 1. The van der Waals surface area contributed by atoms with Crippen molar-refractivity contribution in [2.24, 2.45) is 17.6 Å². The summed E-state index contributed by atoms with van der Waals surface area (Å²) in [6.45, 7) is 10.9. The third kappa shape index (κ3) is 3.41. The van der Waals surface area contributed by atoms with Crippen LogP contribution >= 0.6 is 0 Å². The zero-order chi connectivity index (χ0) is 14.5. The molecule has 4 nitrogen and oxygen atoms in total. The van der Waals surface area contributed by atoms with Crippen molar-refractivity contribution in [1.82, 2.24) is 14.5 Å². The highest BCUT2D eigenvalue weighted by atomic mass is 15.2. The average Bonchev–Trinajstić information content (AvgIpc) is 2.89. The van der Waals surface area contributed by atoms with Crippen LogP contribution in [0.4, 0.5) is 0 Å². The van der Waals surface area contributed by atoms with E-state index >= 15 is 0 Å². The molecular weight excluding hydrogens is 248 g/mol. The van der Waals surface area contributed by atoms with Crippen molar-refractivity contribution in [3.05, 3.63) is 18.2 Å². The zero-order valence-electron chi connectivity index (χ0n) is 13.3. The number of imidazole rings is 1. The predicted octanol–water partition coefficient (Wildman–Crippen LogP) is 2.66. The second kappa shape index (κ2) is 7.23. The molecule has 0 aliphatic carbocycles. The minimum absolute atomic E-state index is 0.331. The van der Waals surface area contributed by atoms with Gasteiger partial charge in [-0.15, -0.1) is 0 Å². The van der Waals surface area contributed by atoms with E-state index in [1.54, 1.807) is 0 Å². The molecule has 0 aromatic carbocycles. The van der Waals surface area contributed by atoms with Gasteiger partial charge < -0.3 is 10.3 Å². The third-order valence-corrected chi connectivity index (χ3v) is 4.73. The largest absolute Gasteiger partial charge is 0.333 e. The summed E-state index contributed by atoms with van der Waals surface area (Å²) in [4.78, 5) is 6.89. The summed E-state index contributed by atoms with van der Waals surface area (Å²) < 4.78 is 2.27. The van der Waals surface area contributed by atoms with Crippen molar-refractivity contribution in [3.8, 4) is 0 Å². The number of piperidine rings is 1. The molecule has 4 heteroatoms. The molecule has 2 N–H and O–H groups in total. The monoisotopic (exact) mass is 278 g/mol. The van der Waals surface area contributed by atoms with Crippen LogP contribution in [0, 0.1) is 11.8 Å². The molecule has 1 aromatic heterocycles. The molecule has 1 saturated heterocycles. The quantitative estimate of drug-likeness (QED) is 0.870. The first-order valence-corrected chi connectivity index (χ1v) is 8.11. The van der Waals surface area contributed by atoms with Gasteiger partial charge in [0.2, 0.25) is 0 Å². The fourth-order valence-corrected chi connectivity index (χ4v) is 3.39. The molecule has 20 heavy (non-hydrogen) atoms. The van der Waals surface area contributed by atoms with Crippen LogP contribution in [0.1, 0.15) is 51.8 Å². The van der Waals surface area contributed by atoms with Crippen molar-refractivity contribution in [2.45, 2.75) is 52.6 Å². The molecule has 1 unspecified atom stereocenters. The van der Waals surface area contributed by atoms with Crippen molar-refractivity contribution < 1.29 is 0 Å². The molecule has 2 heterocycles. The fourth-order valence-electron chi connectivity index (χ4n) is 3.39. The molecule has 1 aliphatic heterocycles. The van der Waals surface area contributed by atoms with Crippen molar-refractivity contribution >= 4 is 0 Å². The van der Waals surface area contributed by atoms with Crippen LogP contribution in [0.25, 0.3) is 0 Å². The summed E-state index contributed by atoms with van der Waals surface area (Å²) in [7, 11) is 0. The van der Waals surface area contributed by atoms with Gasteiger partial charge in [-0.05, 0) is 44.2 Å². The molecule has 1 fully saturated rings. The Hall–Kier alpha value is -0.870. The SMILES string of the molecule is CCCn1cncc1C(CN)N1CCC(C(C)C)CC1. The second-order valence-corrected chi connectivity index (χ2v) is 6.38. The van der Waals surface area contributed by atoms with Gasteiger partial charge in [0.25, 0.3) is 0 Å². The van der Waals surface area contributed by atoms with Crippen molar-refractivity contribution in [2.75, 3.05) is 19.6 Å². The topological polar surface area (TPSA) is 47.1 Å². The van der Waals surface area contributed by atoms with Gasteiger partial charge in [0, 0.05) is 19.3 Å². The van der Waals surface area contributed by atoms with E-state index < -0.39 is 0 Å². The van der Waals surface area contributed by atoms with E-state index in [9.17, 15) is 0 Å². The summed E-state index contributed by atoms with van der Waals surface area (Å²) >= 11 is 0. The Morgan fingerprint density at radius 3 is 2.60 bits per heavy atom. The summed E-state index contributed by atoms with van der Waals surface area (Å²) in [5.41, 5.74) is 7.36. The fraction of sp³-hybridized carbons (Fsp3) is 0.812. The first kappa shape index (κ1) is 15.5. The first-order chi connectivity index (χ1) is 9.67. The zero-order valence-corrected chi connectivity index (χ0v) is 13.3. The maximum Gasteiger partial charge on any atom is 0.0948 e. The summed E-state index contributed by atoms with van der Waals surface area (Å²) in [5.74, 6) is 1.68. The molecule has 0 amide bonds. The van der Waals surface area contributed by atoms with E-state index in [1.165, 1.54) is 31.6 Å². The van der Waals surface area contributed by atoms with Crippen LogP contribution in [0.2, 0.25) is 0 Å². The Morgan fingerprint density at radius 2 is 2.05 bits per heavy atom. The normalized spacial score (nSPS) is 19.6. The number of aryl methyl sites for hydroxylation is 1. The number of nitrogens with zero attached hydrogens (tertiary/aromatic N) is 3. The third-order valence-electron chi connectivity index (χ3n) is 4.73. The van der Waals surface area contributed by atoms with E-state index in [-0.39, 0.29) is 0 Å². The minimum Gasteiger partial charge on any atom is -0.333 e. The molecule has 0 bridgehead atoms. The number of aromatic nitrogens is 2. The first-order valence-electron chi connectivity index (χ1n) is 8.11. The van der Waals surface area contributed by atoms with Gasteiger partial charge in [-0.25, -0.2) is 4.98 Å². The van der Waals surface area contributed by atoms with E-state index in [2.05, 4.69) is 35.2 Å². The molecular formula is C16H30N4. The Morgan fingerprint density at radius 1 is 1.35 bits per heavy atom. The Kier molecular flexibility index (Phi) is 5.61. The highest BCUT2D eigenvalue weighted by Crippen LogP contribution is 2.29. The molecule has 2 rings (SSSR count). The van der Waals surface area contributed by atoms with Gasteiger partial charge in [0.1, 0.15) is 0 Å². The lowest BCUT2D eigenvalue weighted by molar-refractivity contribution is 0.113. The maximum atomic E-state index is 6.07. The molecule has 1 aromatic rings. The average molecular weight is 278 g/mol. The summed E-state index contributed by atoms with van der Waals surface area (Å²) in [5, 5.41) is 0. The molecule has 1 atom stereocenters. The van der Waals surface area contributed by atoms with Gasteiger partial charge in [-0.1, -0.05) is 20.8 Å². The molecule has 0 saturated carbocycles. The number of likely N-dealkylation sites (tertiary alicyclic amines) is 1. The van der Waals surface area contributed by atoms with Crippen LogP contribution in [-0.4, -0.2) is 34.1 Å². The van der Waals surface area contributed by atoms with E-state index in [4.69, 9.17) is 5.73 Å². The van der Waals surface area contributed by atoms with Crippen LogP contribution in [0.3, 0.4) is 0 Å². The maximum absolute atomic E-state index is 6.07. The van der Waals surface area contributed by atoms with E-state index in [1.807, 2.05) is 12.5 Å². The summed E-state index contributed by atoms with van der Waals surface area (Å²) in [6.07, 6.45) is 7.69. The van der Waals surface area contributed by atoms with Gasteiger partial charge >= 0.3 is 0 Å². The van der Waals surface area contributed by atoms with E-state index in [0.29, 0.717) is 12.6 Å². The highest BCUT2D eigenvalue weighted by Gasteiger charge is 2.28. The van der Waals surface area contributed by atoms with Gasteiger partial charge in [-0.3, -0.25) is 4.90 Å². The number of rotatable bonds is 6. The summed E-state index contributed by atoms with van der Waals surface area (Å²) in [6, 6.07) is 0.331. The lowest BCUT2D eigenvalue weighted by atomic mass is 9.86. The second-order valence-electron chi connectivity index (χ2n) is 6.38. The van der Waals surface area contributed by atoms with Crippen molar-refractivity contribution in [3.63, 3.8) is 0 Å². The van der Waals surface area contributed by atoms with Gasteiger partial charge in [0.15, 0.2) is 0 Å². The molecule has 0 radical (unpaired) electrons. The number of hydrogen-bond acceptors (Lipinski definition) is 3. The predicted molar refractivity (Wildman–Crippen MR) is 83.4 cm³/mol. The lowest BCUT2D eigenvalue weighted by Gasteiger charge is -2.38. The van der Waals surface area contributed by atoms with Crippen LogP contribution in [0.15, 0.2) is 12.5 Å². The van der Waals surface area contributed by atoms with E-state index in [0.717, 1.165) is 24.8 Å². The molecule has 114 valence electrons. The van der Waals surface area contributed by atoms with Gasteiger partial charge in [0.05, 0.1) is 18.1 Å². The highest BCUT2D eigenvalue weighted by molar-refractivity contribution is 5.07. The lowest BCUT2D eigenvalue weighted by Crippen LogP contribution is -2.41. The molecule has 0 spiro atoms. The smallest absolute Gasteiger partial charge is 0.0948 e.